The molecule has 1 heterocycles. The Morgan fingerprint density at radius 2 is 2.19 bits per heavy atom. The first kappa shape index (κ1) is 11.5. The summed E-state index contributed by atoms with van der Waals surface area (Å²) in [4.78, 5) is 7.13. The third-order valence-corrected chi connectivity index (χ3v) is 2.89. The fourth-order valence-corrected chi connectivity index (χ4v) is 2.08. The number of nitrogens with one attached hydrogen (secondary N) is 1. The Balaban J connectivity index is 2.17. The fraction of sp³-hybridized carbons (Fsp3) is 0.182. The van der Waals surface area contributed by atoms with Crippen LogP contribution >= 0.6 is 23.2 Å². The van der Waals surface area contributed by atoms with Crippen LogP contribution in [0, 0.1) is 0 Å². The number of hydrogen-bond acceptors (Lipinski definition) is 2. The molecular formula is C11H11Cl2N3. The molecule has 0 amide bonds. The average molecular weight is 256 g/mol. The molecule has 1 aromatic carbocycles. The number of nitrogens with two attached hydrogens (primary N) is 1. The van der Waals surface area contributed by atoms with Crippen molar-refractivity contribution in [2.75, 3.05) is 0 Å². The van der Waals surface area contributed by atoms with Crippen molar-refractivity contribution in [3.63, 3.8) is 0 Å². The van der Waals surface area contributed by atoms with E-state index in [1.807, 2.05) is 6.07 Å². The van der Waals surface area contributed by atoms with Crippen molar-refractivity contribution in [2.45, 2.75) is 12.5 Å². The number of hydrogen-bond donors (Lipinski definition) is 2. The molecule has 0 spiro atoms. The minimum atomic E-state index is -0.184. The third-order valence-electron chi connectivity index (χ3n) is 2.33. The largest absolute Gasteiger partial charge is 0.349 e. The lowest BCUT2D eigenvalue weighted by atomic mass is 10.0. The number of H-pyrrole nitrogens is 1. The fourth-order valence-electron chi connectivity index (χ4n) is 1.53. The molecule has 1 unspecified atom stereocenters. The molecule has 2 rings (SSSR count). The van der Waals surface area contributed by atoms with Crippen LogP contribution in [0.4, 0.5) is 0 Å². The van der Waals surface area contributed by atoms with Crippen molar-refractivity contribution in [1.82, 2.24) is 9.97 Å². The molecule has 2 aromatic rings. The zero-order valence-corrected chi connectivity index (χ0v) is 9.96. The molecule has 16 heavy (non-hydrogen) atoms. The summed E-state index contributed by atoms with van der Waals surface area (Å²) in [6.07, 6.45) is 4.09. The predicted molar refractivity (Wildman–Crippen MR) is 65.7 cm³/mol. The highest BCUT2D eigenvalue weighted by atomic mass is 35.5. The third kappa shape index (κ3) is 2.55. The maximum absolute atomic E-state index is 6.07. The number of aromatic amines is 1. The summed E-state index contributed by atoms with van der Waals surface area (Å²) in [7, 11) is 0. The van der Waals surface area contributed by atoms with Gasteiger partial charge in [-0.05, 0) is 17.7 Å². The van der Waals surface area contributed by atoms with Gasteiger partial charge in [0, 0.05) is 34.9 Å². The summed E-state index contributed by atoms with van der Waals surface area (Å²) in [5.41, 5.74) is 6.93. The van der Waals surface area contributed by atoms with Crippen LogP contribution in [-0.4, -0.2) is 9.97 Å². The van der Waals surface area contributed by atoms with Gasteiger partial charge in [0.15, 0.2) is 0 Å². The van der Waals surface area contributed by atoms with E-state index >= 15 is 0 Å². The summed E-state index contributed by atoms with van der Waals surface area (Å²) >= 11 is 11.9. The van der Waals surface area contributed by atoms with E-state index in [0.717, 1.165) is 11.4 Å². The normalized spacial score (nSPS) is 12.7. The Bertz CT molecular complexity index is 468. The molecule has 84 valence electrons. The summed E-state index contributed by atoms with van der Waals surface area (Å²) in [6, 6.07) is 5.14. The summed E-state index contributed by atoms with van der Waals surface area (Å²) in [6.45, 7) is 0. The summed E-state index contributed by atoms with van der Waals surface area (Å²) in [5.74, 6) is 0.846. The van der Waals surface area contributed by atoms with Gasteiger partial charge in [0.2, 0.25) is 0 Å². The minimum Gasteiger partial charge on any atom is -0.349 e. The molecule has 0 aliphatic rings. The highest BCUT2D eigenvalue weighted by molar-refractivity contribution is 6.35. The molecule has 0 saturated heterocycles. The van der Waals surface area contributed by atoms with Crippen LogP contribution in [0.15, 0.2) is 30.6 Å². The number of nitrogens with zero attached hydrogens (tertiary/aromatic N) is 1. The molecule has 0 aliphatic carbocycles. The van der Waals surface area contributed by atoms with E-state index in [9.17, 15) is 0 Å². The number of rotatable bonds is 3. The van der Waals surface area contributed by atoms with Crippen LogP contribution in [0.1, 0.15) is 17.4 Å². The first-order valence-electron chi connectivity index (χ1n) is 4.85. The van der Waals surface area contributed by atoms with Gasteiger partial charge in [0.25, 0.3) is 0 Å². The van der Waals surface area contributed by atoms with Crippen LogP contribution in [0.3, 0.4) is 0 Å². The average Bonchev–Trinajstić information content (AvgIpc) is 2.70. The van der Waals surface area contributed by atoms with E-state index in [4.69, 9.17) is 28.9 Å². The van der Waals surface area contributed by atoms with Crippen LogP contribution in [0.25, 0.3) is 0 Å². The maximum atomic E-state index is 6.07. The number of aromatic nitrogens is 2. The van der Waals surface area contributed by atoms with E-state index < -0.39 is 0 Å². The molecule has 0 bridgehead atoms. The van der Waals surface area contributed by atoms with Gasteiger partial charge in [0.1, 0.15) is 5.82 Å². The van der Waals surface area contributed by atoms with Gasteiger partial charge in [-0.2, -0.15) is 0 Å². The lowest BCUT2D eigenvalue weighted by molar-refractivity contribution is 0.695. The van der Waals surface area contributed by atoms with Gasteiger partial charge in [-0.25, -0.2) is 4.98 Å². The zero-order chi connectivity index (χ0) is 11.5. The zero-order valence-electron chi connectivity index (χ0n) is 8.45. The van der Waals surface area contributed by atoms with Crippen LogP contribution in [0.2, 0.25) is 10.0 Å². The SMILES string of the molecule is NC(Cc1ncc[nH]1)c1ccc(Cl)cc1Cl. The van der Waals surface area contributed by atoms with Gasteiger partial charge < -0.3 is 10.7 Å². The van der Waals surface area contributed by atoms with E-state index in [-0.39, 0.29) is 6.04 Å². The van der Waals surface area contributed by atoms with Crippen molar-refractivity contribution in [1.29, 1.82) is 0 Å². The molecule has 5 heteroatoms. The maximum Gasteiger partial charge on any atom is 0.107 e. The Morgan fingerprint density at radius 1 is 1.38 bits per heavy atom. The van der Waals surface area contributed by atoms with Gasteiger partial charge in [-0.1, -0.05) is 29.3 Å². The van der Waals surface area contributed by atoms with E-state index in [1.165, 1.54) is 0 Å². The summed E-state index contributed by atoms with van der Waals surface area (Å²) < 4.78 is 0. The van der Waals surface area contributed by atoms with Gasteiger partial charge in [0.05, 0.1) is 0 Å². The molecule has 0 saturated carbocycles. The van der Waals surface area contributed by atoms with Crippen molar-refractivity contribution >= 4 is 23.2 Å². The predicted octanol–water partition coefficient (Wildman–Crippen LogP) is 2.96. The molecule has 1 atom stereocenters. The van der Waals surface area contributed by atoms with E-state index in [2.05, 4.69) is 9.97 Å². The van der Waals surface area contributed by atoms with E-state index in [1.54, 1.807) is 24.5 Å². The molecule has 0 aliphatic heterocycles. The Labute approximate surface area is 104 Å². The standard InChI is InChI=1S/C11H11Cl2N3/c12-7-1-2-8(9(13)5-7)10(14)6-11-15-3-4-16-11/h1-5,10H,6,14H2,(H,15,16). The van der Waals surface area contributed by atoms with Crippen LogP contribution in [-0.2, 0) is 6.42 Å². The number of benzene rings is 1. The second-order valence-electron chi connectivity index (χ2n) is 3.51. The van der Waals surface area contributed by atoms with Crippen LogP contribution in [0.5, 0.6) is 0 Å². The quantitative estimate of drug-likeness (QED) is 0.886. The summed E-state index contributed by atoms with van der Waals surface area (Å²) in [5, 5.41) is 1.20. The monoisotopic (exact) mass is 255 g/mol. The molecule has 0 radical (unpaired) electrons. The molecule has 3 nitrogen and oxygen atoms in total. The van der Waals surface area contributed by atoms with Crippen molar-refractivity contribution in [3.05, 3.63) is 52.0 Å². The highest BCUT2D eigenvalue weighted by Gasteiger charge is 2.12. The topological polar surface area (TPSA) is 54.7 Å². The second-order valence-corrected chi connectivity index (χ2v) is 4.36. The Hall–Kier alpha value is -1.03. The number of halogens is 2. The molecule has 3 N–H and O–H groups in total. The Kier molecular flexibility index (Phi) is 3.49. The van der Waals surface area contributed by atoms with Crippen molar-refractivity contribution in [2.24, 2.45) is 5.73 Å². The first-order chi connectivity index (χ1) is 7.66. The van der Waals surface area contributed by atoms with Crippen molar-refractivity contribution in [3.8, 4) is 0 Å². The molecular weight excluding hydrogens is 245 g/mol. The lowest BCUT2D eigenvalue weighted by Crippen LogP contribution is -2.14. The van der Waals surface area contributed by atoms with Crippen LogP contribution < -0.4 is 5.73 Å². The Morgan fingerprint density at radius 3 is 2.81 bits per heavy atom. The number of imidazole rings is 1. The first-order valence-corrected chi connectivity index (χ1v) is 5.61. The van der Waals surface area contributed by atoms with Gasteiger partial charge >= 0.3 is 0 Å². The van der Waals surface area contributed by atoms with Gasteiger partial charge in [-0.15, -0.1) is 0 Å². The smallest absolute Gasteiger partial charge is 0.107 e. The van der Waals surface area contributed by atoms with Crippen molar-refractivity contribution < 1.29 is 0 Å². The van der Waals surface area contributed by atoms with E-state index in [0.29, 0.717) is 16.5 Å². The highest BCUT2D eigenvalue weighted by Crippen LogP contribution is 2.26. The minimum absolute atomic E-state index is 0.184. The molecule has 0 fully saturated rings. The molecule has 1 aromatic heterocycles. The lowest BCUT2D eigenvalue weighted by Gasteiger charge is -2.12. The van der Waals surface area contributed by atoms with Gasteiger partial charge in [-0.3, -0.25) is 0 Å². The second kappa shape index (κ2) is 4.87.